The Balaban J connectivity index is 1.73. The lowest BCUT2D eigenvalue weighted by atomic mass is 9.82. The number of pyridine rings is 1. The summed E-state index contributed by atoms with van der Waals surface area (Å²) in [5, 5.41) is 12.3. The molecule has 2 aliphatic carbocycles. The van der Waals surface area contributed by atoms with Gasteiger partial charge in [-0.15, -0.1) is 0 Å². The number of fused-ring (bicyclic) bond motifs is 2. The molecule has 1 aromatic heterocycles. The Morgan fingerprint density at radius 2 is 1.86 bits per heavy atom. The second-order valence-corrected chi connectivity index (χ2v) is 5.85. The molecule has 0 unspecified atom stereocenters. The molecular formula is C16H18N2O3. The molecule has 21 heavy (non-hydrogen) atoms. The molecule has 1 fully saturated rings. The van der Waals surface area contributed by atoms with Crippen LogP contribution in [-0.4, -0.2) is 22.0 Å². The molecule has 5 heteroatoms. The van der Waals surface area contributed by atoms with Crippen molar-refractivity contribution in [3.8, 4) is 0 Å². The normalized spacial score (nSPS) is 31.1. The minimum atomic E-state index is -0.872. The van der Waals surface area contributed by atoms with Gasteiger partial charge >= 0.3 is 5.97 Å². The molecule has 2 bridgehead atoms. The molecule has 0 aromatic carbocycles. The van der Waals surface area contributed by atoms with E-state index in [-0.39, 0.29) is 23.8 Å². The minimum Gasteiger partial charge on any atom is -0.481 e. The van der Waals surface area contributed by atoms with Gasteiger partial charge in [0.05, 0.1) is 17.9 Å². The fraction of sp³-hybridized carbons (Fsp3) is 0.438. The Labute approximate surface area is 123 Å². The molecule has 110 valence electrons. The van der Waals surface area contributed by atoms with Crippen molar-refractivity contribution in [1.82, 2.24) is 10.3 Å². The largest absolute Gasteiger partial charge is 0.481 e. The van der Waals surface area contributed by atoms with Crippen LogP contribution in [-0.2, 0) is 9.59 Å². The highest BCUT2D eigenvalue weighted by molar-refractivity contribution is 5.87. The first-order chi connectivity index (χ1) is 10.1. The van der Waals surface area contributed by atoms with E-state index in [4.69, 9.17) is 0 Å². The Morgan fingerprint density at radius 3 is 2.48 bits per heavy atom. The number of carbonyl (C=O) groups excluding carboxylic acids is 1. The lowest BCUT2D eigenvalue weighted by molar-refractivity contribution is -0.148. The van der Waals surface area contributed by atoms with Gasteiger partial charge in [-0.05, 0) is 42.9 Å². The summed E-state index contributed by atoms with van der Waals surface area (Å²) < 4.78 is 0. The molecule has 1 aromatic rings. The van der Waals surface area contributed by atoms with Crippen molar-refractivity contribution in [2.75, 3.05) is 0 Å². The Hall–Kier alpha value is -2.17. The number of carboxylic acid groups (broad SMARTS) is 1. The molecule has 1 heterocycles. The third-order valence-corrected chi connectivity index (χ3v) is 4.61. The zero-order chi connectivity index (χ0) is 15.0. The van der Waals surface area contributed by atoms with E-state index in [2.05, 4.69) is 10.3 Å². The van der Waals surface area contributed by atoms with Crippen molar-refractivity contribution < 1.29 is 14.7 Å². The van der Waals surface area contributed by atoms with E-state index in [1.807, 2.05) is 31.2 Å². The summed E-state index contributed by atoms with van der Waals surface area (Å²) in [5.74, 6) is -2.03. The summed E-state index contributed by atoms with van der Waals surface area (Å²) in [5.41, 5.74) is 0.962. The number of aliphatic carboxylic acids is 1. The highest BCUT2D eigenvalue weighted by Crippen LogP contribution is 2.48. The molecule has 0 radical (unpaired) electrons. The monoisotopic (exact) mass is 286 g/mol. The van der Waals surface area contributed by atoms with E-state index in [0.717, 1.165) is 12.0 Å². The lowest BCUT2D eigenvalue weighted by Crippen LogP contribution is -2.41. The van der Waals surface area contributed by atoms with Crippen LogP contribution >= 0.6 is 0 Å². The third-order valence-electron chi connectivity index (χ3n) is 4.61. The van der Waals surface area contributed by atoms with Gasteiger partial charge in [0.2, 0.25) is 5.91 Å². The number of hydrogen-bond acceptors (Lipinski definition) is 3. The summed E-state index contributed by atoms with van der Waals surface area (Å²) in [6.45, 7) is 1.89. The lowest BCUT2D eigenvalue weighted by Gasteiger charge is -2.25. The van der Waals surface area contributed by atoms with E-state index in [1.165, 1.54) is 0 Å². The fourth-order valence-electron chi connectivity index (χ4n) is 3.56. The summed E-state index contributed by atoms with van der Waals surface area (Å²) in [6.07, 6.45) is 8.07. The topological polar surface area (TPSA) is 79.3 Å². The maximum Gasteiger partial charge on any atom is 0.307 e. The zero-order valence-electron chi connectivity index (χ0n) is 11.8. The number of rotatable bonds is 4. The average Bonchev–Trinajstić information content (AvgIpc) is 3.08. The first-order valence-electron chi connectivity index (χ1n) is 7.19. The van der Waals surface area contributed by atoms with Crippen molar-refractivity contribution in [2.45, 2.75) is 19.4 Å². The van der Waals surface area contributed by atoms with Crippen LogP contribution in [0.2, 0.25) is 0 Å². The first kappa shape index (κ1) is 13.8. The van der Waals surface area contributed by atoms with Crippen LogP contribution in [0.1, 0.15) is 24.9 Å². The number of carbonyl (C=O) groups is 2. The van der Waals surface area contributed by atoms with Crippen molar-refractivity contribution in [2.24, 2.45) is 23.7 Å². The molecule has 0 saturated heterocycles. The molecule has 1 saturated carbocycles. The number of aromatic nitrogens is 1. The van der Waals surface area contributed by atoms with Crippen molar-refractivity contribution >= 4 is 11.9 Å². The molecule has 2 N–H and O–H groups in total. The molecule has 1 amide bonds. The number of hydrogen-bond donors (Lipinski definition) is 2. The summed E-state index contributed by atoms with van der Waals surface area (Å²) in [7, 11) is 0. The molecule has 2 aliphatic rings. The highest BCUT2D eigenvalue weighted by atomic mass is 16.4. The van der Waals surface area contributed by atoms with Crippen LogP contribution < -0.4 is 5.32 Å². The quantitative estimate of drug-likeness (QED) is 0.827. The van der Waals surface area contributed by atoms with Crippen molar-refractivity contribution in [3.05, 3.63) is 42.2 Å². The second-order valence-electron chi connectivity index (χ2n) is 5.85. The number of allylic oxidation sites excluding steroid dienone is 2. The van der Waals surface area contributed by atoms with E-state index < -0.39 is 17.8 Å². The average molecular weight is 286 g/mol. The van der Waals surface area contributed by atoms with Gasteiger partial charge in [-0.3, -0.25) is 14.6 Å². The molecule has 0 aliphatic heterocycles. The van der Waals surface area contributed by atoms with Crippen LogP contribution in [0.3, 0.4) is 0 Å². The van der Waals surface area contributed by atoms with Gasteiger partial charge in [-0.1, -0.05) is 12.2 Å². The van der Waals surface area contributed by atoms with E-state index in [9.17, 15) is 14.7 Å². The molecule has 5 atom stereocenters. The molecule has 3 rings (SSSR count). The third kappa shape index (κ3) is 2.44. The van der Waals surface area contributed by atoms with Gasteiger partial charge in [0.25, 0.3) is 0 Å². The Morgan fingerprint density at radius 1 is 1.24 bits per heavy atom. The van der Waals surface area contributed by atoms with Gasteiger partial charge in [0, 0.05) is 12.4 Å². The Kier molecular flexibility index (Phi) is 3.49. The summed E-state index contributed by atoms with van der Waals surface area (Å²) in [6, 6.07) is 3.54. The zero-order valence-corrected chi connectivity index (χ0v) is 11.8. The fourth-order valence-corrected chi connectivity index (χ4v) is 3.56. The van der Waals surface area contributed by atoms with Crippen LogP contribution in [0.4, 0.5) is 0 Å². The summed E-state index contributed by atoms with van der Waals surface area (Å²) in [4.78, 5) is 27.9. The van der Waals surface area contributed by atoms with Gasteiger partial charge in [-0.2, -0.15) is 0 Å². The van der Waals surface area contributed by atoms with Crippen LogP contribution in [0, 0.1) is 23.7 Å². The van der Waals surface area contributed by atoms with Crippen molar-refractivity contribution in [1.29, 1.82) is 0 Å². The van der Waals surface area contributed by atoms with Gasteiger partial charge < -0.3 is 10.4 Å². The number of nitrogens with one attached hydrogen (secondary N) is 1. The van der Waals surface area contributed by atoms with E-state index in [1.54, 1.807) is 12.4 Å². The maximum atomic E-state index is 12.5. The maximum absolute atomic E-state index is 12.5. The highest BCUT2D eigenvalue weighted by Gasteiger charge is 2.51. The molecule has 5 nitrogen and oxygen atoms in total. The molecule has 0 spiro atoms. The standard InChI is InChI=1S/C16H18N2O3/c1-9(10-4-6-17-7-5-10)18-15(19)13-11-2-3-12(8-11)14(13)16(20)21/h2-7,9,11-14H,8H2,1H3,(H,18,19)(H,20,21)/t9-,11-,12+,13+,14+/m1/s1. The van der Waals surface area contributed by atoms with Gasteiger partial charge in [0.15, 0.2) is 0 Å². The number of nitrogens with zero attached hydrogens (tertiary/aromatic N) is 1. The smallest absolute Gasteiger partial charge is 0.307 e. The Bertz CT molecular complexity index is 584. The second kappa shape index (κ2) is 5.31. The van der Waals surface area contributed by atoms with Crippen molar-refractivity contribution in [3.63, 3.8) is 0 Å². The van der Waals surface area contributed by atoms with Crippen LogP contribution in [0.15, 0.2) is 36.7 Å². The minimum absolute atomic E-state index is 0.000480. The van der Waals surface area contributed by atoms with Gasteiger partial charge in [-0.25, -0.2) is 0 Å². The van der Waals surface area contributed by atoms with E-state index in [0.29, 0.717) is 0 Å². The predicted molar refractivity (Wildman–Crippen MR) is 76.1 cm³/mol. The first-order valence-corrected chi connectivity index (χ1v) is 7.19. The molecular weight excluding hydrogens is 268 g/mol. The predicted octanol–water partition coefficient (Wildman–Crippen LogP) is 1.78. The number of amides is 1. The number of carboxylic acids is 1. The van der Waals surface area contributed by atoms with Gasteiger partial charge in [0.1, 0.15) is 0 Å². The van der Waals surface area contributed by atoms with Crippen LogP contribution in [0.25, 0.3) is 0 Å². The summed E-state index contributed by atoms with van der Waals surface area (Å²) >= 11 is 0. The van der Waals surface area contributed by atoms with E-state index >= 15 is 0 Å². The van der Waals surface area contributed by atoms with Crippen LogP contribution in [0.5, 0.6) is 0 Å². The SMILES string of the molecule is C[C@@H](NC(=O)[C@@H]1[C@@H](C(=O)O)[C@H]2C=C[C@@H]1C2)c1ccncc1.